The molecule has 150 valence electrons. The molecule has 0 unspecified atom stereocenters. The van der Waals surface area contributed by atoms with Gasteiger partial charge in [0, 0.05) is 18.2 Å². The minimum Gasteiger partial charge on any atom is -0.396 e. The molecular weight excluding hydrogens is 370 g/mol. The minimum absolute atomic E-state index is 0.253. The number of hydrogen-bond donors (Lipinski definition) is 3. The molecule has 1 aromatic rings. The summed E-state index contributed by atoms with van der Waals surface area (Å²) in [6.45, 7) is 2.90. The van der Waals surface area contributed by atoms with Crippen LogP contribution in [0.25, 0.3) is 0 Å². The maximum Gasteiger partial charge on any atom is 0.0811 e. The molecule has 0 amide bonds. The number of aliphatic hydroxyl groups is 2. The fourth-order valence-corrected chi connectivity index (χ4v) is 3.10. The first-order valence-corrected chi connectivity index (χ1v) is 10.6. The summed E-state index contributed by atoms with van der Waals surface area (Å²) in [5.74, 6) is 0.780. The molecule has 1 aromatic carbocycles. The second-order valence-electron chi connectivity index (χ2n) is 6.27. The van der Waals surface area contributed by atoms with E-state index in [0.29, 0.717) is 13.2 Å². The Morgan fingerprint density at radius 3 is 2.12 bits per heavy atom. The van der Waals surface area contributed by atoms with E-state index in [1.807, 2.05) is 6.92 Å². The van der Waals surface area contributed by atoms with Crippen LogP contribution in [0.3, 0.4) is 0 Å². The van der Waals surface area contributed by atoms with Gasteiger partial charge in [-0.15, -0.1) is 0 Å². The van der Waals surface area contributed by atoms with Gasteiger partial charge in [-0.25, -0.2) is 0 Å². The van der Waals surface area contributed by atoms with Crippen molar-refractivity contribution in [3.8, 4) is 0 Å². The van der Waals surface area contributed by atoms with Gasteiger partial charge in [-0.1, -0.05) is 42.3 Å². The molecule has 0 atom stereocenters. The van der Waals surface area contributed by atoms with Gasteiger partial charge in [-0.05, 0) is 73.8 Å². The molecule has 0 heterocycles. The molecule has 1 rings (SSSR count). The van der Waals surface area contributed by atoms with Crippen molar-refractivity contribution < 1.29 is 10.2 Å². The van der Waals surface area contributed by atoms with Gasteiger partial charge in [0.2, 0.25) is 0 Å². The van der Waals surface area contributed by atoms with E-state index in [1.165, 1.54) is 16.7 Å². The summed E-state index contributed by atoms with van der Waals surface area (Å²) in [4.78, 5) is 10.1. The van der Waals surface area contributed by atoms with Crippen molar-refractivity contribution in [3.05, 3.63) is 38.8 Å². The molecule has 0 bridgehead atoms. The van der Waals surface area contributed by atoms with Crippen molar-refractivity contribution in [2.24, 2.45) is 5.18 Å². The lowest BCUT2D eigenvalue weighted by Gasteiger charge is -2.13. The Labute approximate surface area is 168 Å². The number of aliphatic hydroxyl groups excluding tert-OH is 2. The van der Waals surface area contributed by atoms with E-state index in [4.69, 9.17) is 21.8 Å². The van der Waals surface area contributed by atoms with Crippen LogP contribution in [0.15, 0.2) is 17.3 Å². The highest BCUT2D eigenvalue weighted by molar-refractivity contribution is 7.80. The standard InChI is InChI=1S/C17H26ClNO2S.C3H8O/c18-17-15(7-2-1-5-10-20)12-14(6-3-4-9-19-21)13-16(17)8-11-22;1-2-3-4/h12-13,20,22H,1-11H2;4H,2-3H2,1H3. The molecular formula is C20H34ClNO3S. The summed E-state index contributed by atoms with van der Waals surface area (Å²) in [6, 6.07) is 4.36. The zero-order valence-electron chi connectivity index (χ0n) is 15.9. The summed E-state index contributed by atoms with van der Waals surface area (Å²) in [7, 11) is 0. The number of unbranched alkanes of at least 4 members (excludes halogenated alkanes) is 3. The van der Waals surface area contributed by atoms with Gasteiger partial charge >= 0.3 is 0 Å². The zero-order valence-corrected chi connectivity index (χ0v) is 17.6. The van der Waals surface area contributed by atoms with Gasteiger partial charge in [0.25, 0.3) is 0 Å². The Balaban J connectivity index is 0.00000141. The third-order valence-corrected chi connectivity index (χ3v) is 4.67. The maximum absolute atomic E-state index is 10.1. The highest BCUT2D eigenvalue weighted by atomic mass is 35.5. The van der Waals surface area contributed by atoms with E-state index >= 15 is 0 Å². The molecule has 4 nitrogen and oxygen atoms in total. The fourth-order valence-electron chi connectivity index (χ4n) is 2.56. The Hall–Kier alpha value is -0.620. The minimum atomic E-state index is 0.253. The average molecular weight is 404 g/mol. The maximum atomic E-state index is 10.1. The first-order valence-electron chi connectivity index (χ1n) is 9.56. The highest BCUT2D eigenvalue weighted by Crippen LogP contribution is 2.27. The lowest BCUT2D eigenvalue weighted by atomic mass is 9.97. The monoisotopic (exact) mass is 403 g/mol. The first kappa shape index (κ1) is 25.4. The number of nitrogens with zero attached hydrogens (tertiary/aromatic N) is 1. The third kappa shape index (κ3) is 11.9. The summed E-state index contributed by atoms with van der Waals surface area (Å²) < 4.78 is 0. The van der Waals surface area contributed by atoms with Crippen molar-refractivity contribution >= 4 is 24.2 Å². The number of rotatable bonds is 13. The molecule has 0 spiro atoms. The van der Waals surface area contributed by atoms with Crippen molar-refractivity contribution in [1.29, 1.82) is 0 Å². The molecule has 0 fully saturated rings. The highest BCUT2D eigenvalue weighted by Gasteiger charge is 2.09. The van der Waals surface area contributed by atoms with E-state index in [-0.39, 0.29) is 6.61 Å². The molecule has 0 saturated heterocycles. The number of hydrogen-bond acceptors (Lipinski definition) is 5. The van der Waals surface area contributed by atoms with Crippen LogP contribution < -0.4 is 0 Å². The van der Waals surface area contributed by atoms with Crippen LogP contribution >= 0.6 is 24.2 Å². The van der Waals surface area contributed by atoms with Crippen LogP contribution in [0, 0.1) is 4.91 Å². The van der Waals surface area contributed by atoms with Crippen molar-refractivity contribution in [1.82, 2.24) is 0 Å². The largest absolute Gasteiger partial charge is 0.396 e. The van der Waals surface area contributed by atoms with Gasteiger partial charge in [0.1, 0.15) is 0 Å². The number of aryl methyl sites for hydroxylation is 3. The normalized spacial score (nSPS) is 10.3. The van der Waals surface area contributed by atoms with E-state index in [9.17, 15) is 4.91 Å². The fraction of sp³-hybridized carbons (Fsp3) is 0.700. The predicted octanol–water partition coefficient (Wildman–Crippen LogP) is 5.00. The van der Waals surface area contributed by atoms with Crippen LogP contribution in [-0.2, 0) is 19.3 Å². The topological polar surface area (TPSA) is 69.9 Å². The molecule has 0 aromatic heterocycles. The van der Waals surface area contributed by atoms with E-state index in [1.54, 1.807) is 0 Å². The lowest BCUT2D eigenvalue weighted by molar-refractivity contribution is 0.283. The molecule has 0 aliphatic rings. The molecule has 0 radical (unpaired) electrons. The van der Waals surface area contributed by atoms with E-state index < -0.39 is 0 Å². The lowest BCUT2D eigenvalue weighted by Crippen LogP contribution is -1.99. The number of nitroso groups, excluding NO2 is 1. The smallest absolute Gasteiger partial charge is 0.0811 e. The van der Waals surface area contributed by atoms with Gasteiger partial charge in [-0.2, -0.15) is 17.5 Å². The van der Waals surface area contributed by atoms with Gasteiger partial charge < -0.3 is 10.2 Å². The number of halogens is 1. The van der Waals surface area contributed by atoms with Crippen molar-refractivity contribution in [2.75, 3.05) is 25.5 Å². The Bertz CT molecular complexity index is 484. The molecule has 0 aliphatic carbocycles. The Morgan fingerprint density at radius 2 is 1.58 bits per heavy atom. The molecule has 6 heteroatoms. The van der Waals surface area contributed by atoms with Crippen LogP contribution in [-0.4, -0.2) is 35.7 Å². The Kier molecular flexibility index (Phi) is 17.4. The summed E-state index contributed by atoms with van der Waals surface area (Å²) in [6.07, 6.45) is 8.35. The first-order chi connectivity index (χ1) is 12.6. The number of benzene rings is 1. The second kappa shape index (κ2) is 17.8. The van der Waals surface area contributed by atoms with Crippen LogP contribution in [0.2, 0.25) is 5.02 Å². The van der Waals surface area contributed by atoms with Gasteiger partial charge in [-0.3, -0.25) is 0 Å². The zero-order chi connectivity index (χ0) is 19.6. The number of thiol groups is 1. The van der Waals surface area contributed by atoms with Crippen molar-refractivity contribution in [3.63, 3.8) is 0 Å². The second-order valence-corrected chi connectivity index (χ2v) is 7.09. The van der Waals surface area contributed by atoms with Crippen molar-refractivity contribution in [2.45, 2.75) is 64.7 Å². The summed E-state index contributed by atoms with van der Waals surface area (Å²) >= 11 is 10.8. The van der Waals surface area contributed by atoms with Crippen LogP contribution in [0.5, 0.6) is 0 Å². The van der Waals surface area contributed by atoms with E-state index in [0.717, 1.165) is 68.6 Å². The third-order valence-electron chi connectivity index (χ3n) is 3.96. The Morgan fingerprint density at radius 1 is 0.962 bits per heavy atom. The average Bonchev–Trinajstić information content (AvgIpc) is 2.66. The quantitative estimate of drug-likeness (QED) is 0.246. The van der Waals surface area contributed by atoms with Gasteiger partial charge in [0.15, 0.2) is 0 Å². The van der Waals surface area contributed by atoms with E-state index in [2.05, 4.69) is 29.9 Å². The molecule has 0 saturated carbocycles. The molecule has 2 N–H and O–H groups in total. The molecule has 0 aliphatic heterocycles. The summed E-state index contributed by atoms with van der Waals surface area (Å²) in [5.41, 5.74) is 3.64. The predicted molar refractivity (Wildman–Crippen MR) is 115 cm³/mol. The molecule has 26 heavy (non-hydrogen) atoms. The summed E-state index contributed by atoms with van der Waals surface area (Å²) in [5, 5.41) is 20.5. The van der Waals surface area contributed by atoms with Gasteiger partial charge in [0.05, 0.1) is 6.54 Å². The SMILES string of the molecule is CCCO.O=NCCCCc1cc(CCS)c(Cl)c(CCCCCO)c1. The van der Waals surface area contributed by atoms with Crippen LogP contribution in [0.4, 0.5) is 0 Å². The van der Waals surface area contributed by atoms with Crippen LogP contribution in [0.1, 0.15) is 62.1 Å².